The molecule has 1 amide bonds. The first kappa shape index (κ1) is 15.4. The number of carbonyl (C=O) groups is 1. The van der Waals surface area contributed by atoms with Crippen LogP contribution in [0.15, 0.2) is 18.2 Å². The number of nitrogens with one attached hydrogen (secondary N) is 1. The van der Waals surface area contributed by atoms with Crippen molar-refractivity contribution in [2.24, 2.45) is 0 Å². The minimum absolute atomic E-state index is 0.0838. The topological polar surface area (TPSA) is 58.6 Å². The van der Waals surface area contributed by atoms with Gasteiger partial charge in [-0.2, -0.15) is 0 Å². The van der Waals surface area contributed by atoms with Gasteiger partial charge in [-0.05, 0) is 38.5 Å². The van der Waals surface area contributed by atoms with E-state index < -0.39 is 11.9 Å². The SMILES string of the molecule is CCC(C)NC(=O)COc1ccc(F)cc1[C@@H](C)O. The summed E-state index contributed by atoms with van der Waals surface area (Å²) in [6.07, 6.45) is -0.0235. The van der Waals surface area contributed by atoms with E-state index in [1.165, 1.54) is 25.1 Å². The van der Waals surface area contributed by atoms with Crippen LogP contribution >= 0.6 is 0 Å². The summed E-state index contributed by atoms with van der Waals surface area (Å²) in [5.41, 5.74) is 0.330. The molecule has 0 spiro atoms. The zero-order valence-corrected chi connectivity index (χ0v) is 11.4. The van der Waals surface area contributed by atoms with Crippen molar-refractivity contribution in [1.82, 2.24) is 5.32 Å². The van der Waals surface area contributed by atoms with E-state index in [2.05, 4.69) is 5.32 Å². The number of aliphatic hydroxyl groups is 1. The molecule has 1 unspecified atom stereocenters. The molecular formula is C14H20FNO3. The van der Waals surface area contributed by atoms with Crippen molar-refractivity contribution in [3.63, 3.8) is 0 Å². The van der Waals surface area contributed by atoms with Crippen molar-refractivity contribution in [3.05, 3.63) is 29.6 Å². The molecule has 4 nitrogen and oxygen atoms in total. The molecule has 1 rings (SSSR count). The van der Waals surface area contributed by atoms with Gasteiger partial charge in [-0.15, -0.1) is 0 Å². The third-order valence-electron chi connectivity index (χ3n) is 2.80. The number of halogens is 1. The first-order chi connectivity index (χ1) is 8.93. The van der Waals surface area contributed by atoms with Crippen molar-refractivity contribution in [2.45, 2.75) is 39.3 Å². The monoisotopic (exact) mass is 269 g/mol. The highest BCUT2D eigenvalue weighted by Gasteiger charge is 2.12. The number of rotatable bonds is 6. The maximum Gasteiger partial charge on any atom is 0.258 e. The standard InChI is InChI=1S/C14H20FNO3/c1-4-9(2)16-14(18)8-19-13-6-5-11(15)7-12(13)10(3)17/h5-7,9-10,17H,4,8H2,1-3H3,(H,16,18)/t9?,10-/m1/s1. The van der Waals surface area contributed by atoms with Gasteiger partial charge in [0.2, 0.25) is 0 Å². The number of ether oxygens (including phenoxy) is 1. The van der Waals surface area contributed by atoms with E-state index in [1.807, 2.05) is 13.8 Å². The number of benzene rings is 1. The van der Waals surface area contributed by atoms with Gasteiger partial charge in [-0.25, -0.2) is 4.39 Å². The van der Waals surface area contributed by atoms with Crippen molar-refractivity contribution < 1.29 is 19.0 Å². The van der Waals surface area contributed by atoms with Gasteiger partial charge in [0.15, 0.2) is 6.61 Å². The van der Waals surface area contributed by atoms with E-state index in [4.69, 9.17) is 4.74 Å². The summed E-state index contributed by atoms with van der Waals surface area (Å²) in [5, 5.41) is 12.3. The smallest absolute Gasteiger partial charge is 0.258 e. The van der Waals surface area contributed by atoms with Crippen molar-refractivity contribution in [3.8, 4) is 5.75 Å². The van der Waals surface area contributed by atoms with E-state index in [-0.39, 0.29) is 18.6 Å². The quantitative estimate of drug-likeness (QED) is 0.832. The van der Waals surface area contributed by atoms with E-state index in [0.717, 1.165) is 6.42 Å². The Morgan fingerprint density at radius 3 is 2.74 bits per heavy atom. The molecule has 0 saturated heterocycles. The van der Waals surface area contributed by atoms with Crippen LogP contribution in [0.4, 0.5) is 4.39 Å². The van der Waals surface area contributed by atoms with Gasteiger partial charge in [-0.1, -0.05) is 6.92 Å². The molecule has 0 aliphatic carbocycles. The van der Waals surface area contributed by atoms with Crippen molar-refractivity contribution in [2.75, 3.05) is 6.61 Å². The fourth-order valence-corrected chi connectivity index (χ4v) is 1.54. The third-order valence-corrected chi connectivity index (χ3v) is 2.80. The predicted molar refractivity (Wildman–Crippen MR) is 70.4 cm³/mol. The molecule has 1 aromatic rings. The lowest BCUT2D eigenvalue weighted by Gasteiger charge is -2.15. The molecule has 0 fully saturated rings. The molecule has 0 heterocycles. The number of aliphatic hydroxyl groups excluding tert-OH is 1. The number of carbonyl (C=O) groups excluding carboxylic acids is 1. The molecule has 19 heavy (non-hydrogen) atoms. The number of hydrogen-bond donors (Lipinski definition) is 2. The maximum absolute atomic E-state index is 13.1. The Kier molecular flexibility index (Phi) is 5.76. The van der Waals surface area contributed by atoms with Crippen LogP contribution < -0.4 is 10.1 Å². The molecule has 0 saturated carbocycles. The molecule has 0 aliphatic rings. The average molecular weight is 269 g/mol. The van der Waals surface area contributed by atoms with Crippen molar-refractivity contribution >= 4 is 5.91 Å². The largest absolute Gasteiger partial charge is 0.483 e. The normalized spacial score (nSPS) is 13.7. The van der Waals surface area contributed by atoms with Crippen LogP contribution in [-0.2, 0) is 4.79 Å². The summed E-state index contributed by atoms with van der Waals surface area (Å²) >= 11 is 0. The minimum Gasteiger partial charge on any atom is -0.483 e. The molecule has 2 N–H and O–H groups in total. The van der Waals surface area contributed by atoms with Gasteiger partial charge in [0.25, 0.3) is 5.91 Å². The fourth-order valence-electron chi connectivity index (χ4n) is 1.54. The Balaban J connectivity index is 2.65. The van der Waals surface area contributed by atoms with Gasteiger partial charge >= 0.3 is 0 Å². The Hall–Kier alpha value is -1.62. The number of hydrogen-bond acceptors (Lipinski definition) is 3. The molecule has 0 aliphatic heterocycles. The summed E-state index contributed by atoms with van der Waals surface area (Å²) in [6, 6.07) is 3.93. The third kappa shape index (κ3) is 4.87. The Bertz CT molecular complexity index is 435. The first-order valence-electron chi connectivity index (χ1n) is 6.33. The van der Waals surface area contributed by atoms with Gasteiger partial charge in [0, 0.05) is 11.6 Å². The molecule has 0 radical (unpaired) electrons. The average Bonchev–Trinajstić information content (AvgIpc) is 2.36. The summed E-state index contributed by atoms with van der Waals surface area (Å²) in [7, 11) is 0. The molecule has 5 heteroatoms. The van der Waals surface area contributed by atoms with E-state index in [9.17, 15) is 14.3 Å². The second-order valence-electron chi connectivity index (χ2n) is 4.52. The zero-order valence-electron chi connectivity index (χ0n) is 11.4. The highest BCUT2D eigenvalue weighted by atomic mass is 19.1. The van der Waals surface area contributed by atoms with Crippen LogP contribution in [-0.4, -0.2) is 23.7 Å². The van der Waals surface area contributed by atoms with Crippen LogP contribution in [0.2, 0.25) is 0 Å². The van der Waals surface area contributed by atoms with Gasteiger partial charge in [0.05, 0.1) is 6.10 Å². The molecular weight excluding hydrogens is 249 g/mol. The summed E-state index contributed by atoms with van der Waals surface area (Å²) in [5.74, 6) is -0.377. The molecule has 2 atom stereocenters. The van der Waals surface area contributed by atoms with Gasteiger partial charge < -0.3 is 15.2 Å². The molecule has 1 aromatic carbocycles. The molecule has 0 bridgehead atoms. The minimum atomic E-state index is -0.858. The van der Waals surface area contributed by atoms with Crippen LogP contribution in [0.25, 0.3) is 0 Å². The lowest BCUT2D eigenvalue weighted by molar-refractivity contribution is -0.123. The first-order valence-corrected chi connectivity index (χ1v) is 6.33. The van der Waals surface area contributed by atoms with Crippen LogP contribution in [0.1, 0.15) is 38.9 Å². The predicted octanol–water partition coefficient (Wildman–Crippen LogP) is 2.17. The number of amides is 1. The van der Waals surface area contributed by atoms with E-state index >= 15 is 0 Å². The Labute approximate surface area is 112 Å². The second-order valence-corrected chi connectivity index (χ2v) is 4.52. The maximum atomic E-state index is 13.1. The second kappa shape index (κ2) is 7.09. The lowest BCUT2D eigenvalue weighted by atomic mass is 10.1. The summed E-state index contributed by atoms with van der Waals surface area (Å²) in [6.45, 7) is 5.23. The zero-order chi connectivity index (χ0) is 14.4. The van der Waals surface area contributed by atoms with Crippen LogP contribution in [0.5, 0.6) is 5.75 Å². The van der Waals surface area contributed by atoms with Crippen LogP contribution in [0, 0.1) is 5.82 Å². The summed E-state index contributed by atoms with van der Waals surface area (Å²) in [4.78, 5) is 11.6. The lowest BCUT2D eigenvalue weighted by Crippen LogP contribution is -2.35. The molecule has 106 valence electrons. The van der Waals surface area contributed by atoms with E-state index in [1.54, 1.807) is 0 Å². The molecule has 0 aromatic heterocycles. The van der Waals surface area contributed by atoms with Crippen LogP contribution in [0.3, 0.4) is 0 Å². The summed E-state index contributed by atoms with van der Waals surface area (Å²) < 4.78 is 18.4. The fraction of sp³-hybridized carbons (Fsp3) is 0.500. The van der Waals surface area contributed by atoms with Gasteiger partial charge in [0.1, 0.15) is 11.6 Å². The van der Waals surface area contributed by atoms with Gasteiger partial charge in [-0.3, -0.25) is 4.79 Å². The van der Waals surface area contributed by atoms with E-state index in [0.29, 0.717) is 11.3 Å². The Morgan fingerprint density at radius 1 is 1.47 bits per heavy atom. The van der Waals surface area contributed by atoms with Crippen molar-refractivity contribution in [1.29, 1.82) is 0 Å². The highest BCUT2D eigenvalue weighted by molar-refractivity contribution is 5.77. The highest BCUT2D eigenvalue weighted by Crippen LogP contribution is 2.25. The Morgan fingerprint density at radius 2 is 2.16 bits per heavy atom.